The molecule has 0 aliphatic heterocycles. The van der Waals surface area contributed by atoms with Gasteiger partial charge in [0.1, 0.15) is 0 Å². The molecule has 0 saturated carbocycles. The third-order valence-corrected chi connectivity index (χ3v) is 2.91. The summed E-state index contributed by atoms with van der Waals surface area (Å²) >= 11 is 0. The second-order valence-corrected chi connectivity index (χ2v) is 4.25. The second kappa shape index (κ2) is 5.49. The third-order valence-electron chi connectivity index (χ3n) is 2.91. The Hall–Kier alpha value is -1.82. The molecule has 17 heavy (non-hydrogen) atoms. The quantitative estimate of drug-likeness (QED) is 0.679. The van der Waals surface area contributed by atoms with Gasteiger partial charge in [-0.25, -0.2) is 0 Å². The molecule has 0 fully saturated rings. The van der Waals surface area contributed by atoms with Crippen LogP contribution in [0.1, 0.15) is 24.5 Å². The van der Waals surface area contributed by atoms with Gasteiger partial charge in [0.2, 0.25) is 0 Å². The van der Waals surface area contributed by atoms with Crippen LogP contribution >= 0.6 is 0 Å². The first kappa shape index (κ1) is 11.7. The summed E-state index contributed by atoms with van der Waals surface area (Å²) < 4.78 is 0. The molecule has 86 valence electrons. The summed E-state index contributed by atoms with van der Waals surface area (Å²) in [4.78, 5) is 0. The number of allylic oxidation sites excluding steroid dienone is 1. The fourth-order valence-electron chi connectivity index (χ4n) is 1.92. The van der Waals surface area contributed by atoms with Crippen molar-refractivity contribution < 1.29 is 0 Å². The Balaban J connectivity index is 2.30. The van der Waals surface area contributed by atoms with E-state index in [9.17, 15) is 0 Å². The average Bonchev–Trinajstić information content (AvgIpc) is 2.38. The van der Waals surface area contributed by atoms with Crippen molar-refractivity contribution >= 4 is 6.08 Å². The summed E-state index contributed by atoms with van der Waals surface area (Å²) in [5, 5.41) is 0. The zero-order valence-corrected chi connectivity index (χ0v) is 10.5. The standard InChI is InChI=1S/C17H18/c1-3-4-8-15-10-12-16(13-11-15)17-9-6-5-7-14(17)2/h4-13H,3H2,1-2H3. The summed E-state index contributed by atoms with van der Waals surface area (Å²) in [5.74, 6) is 0. The summed E-state index contributed by atoms with van der Waals surface area (Å²) in [5.41, 5.74) is 5.20. The van der Waals surface area contributed by atoms with Crippen molar-refractivity contribution in [3.63, 3.8) is 0 Å². The van der Waals surface area contributed by atoms with Crippen molar-refractivity contribution in [1.82, 2.24) is 0 Å². The van der Waals surface area contributed by atoms with Crippen LogP contribution in [0.2, 0.25) is 0 Å². The molecule has 0 atom stereocenters. The summed E-state index contributed by atoms with van der Waals surface area (Å²) in [6.45, 7) is 4.30. The van der Waals surface area contributed by atoms with Gasteiger partial charge in [-0.1, -0.05) is 67.6 Å². The summed E-state index contributed by atoms with van der Waals surface area (Å²) in [6, 6.07) is 17.2. The van der Waals surface area contributed by atoms with E-state index in [4.69, 9.17) is 0 Å². The fourth-order valence-corrected chi connectivity index (χ4v) is 1.92. The van der Waals surface area contributed by atoms with Crippen LogP contribution in [0.5, 0.6) is 0 Å². The Labute approximate surface area is 104 Å². The van der Waals surface area contributed by atoms with Crippen LogP contribution in [0, 0.1) is 6.92 Å². The smallest absolute Gasteiger partial charge is 0.0155 e. The molecule has 2 aromatic carbocycles. The van der Waals surface area contributed by atoms with Crippen molar-refractivity contribution in [2.45, 2.75) is 20.3 Å². The Kier molecular flexibility index (Phi) is 3.77. The van der Waals surface area contributed by atoms with E-state index in [0.29, 0.717) is 0 Å². The maximum atomic E-state index is 2.19. The molecule has 0 radical (unpaired) electrons. The maximum absolute atomic E-state index is 2.19. The molecule has 2 rings (SSSR count). The molecule has 0 aliphatic carbocycles. The van der Waals surface area contributed by atoms with E-state index in [1.807, 2.05) is 0 Å². The van der Waals surface area contributed by atoms with Gasteiger partial charge in [-0.3, -0.25) is 0 Å². The number of hydrogen-bond acceptors (Lipinski definition) is 0. The van der Waals surface area contributed by atoms with Crippen LogP contribution in [-0.4, -0.2) is 0 Å². The molecule has 0 heterocycles. The predicted octanol–water partition coefficient (Wildman–Crippen LogP) is 5.09. The molecular formula is C17H18. The Morgan fingerprint density at radius 1 is 0.941 bits per heavy atom. The van der Waals surface area contributed by atoms with Crippen LogP contribution in [0.3, 0.4) is 0 Å². The first-order valence-electron chi connectivity index (χ1n) is 6.14. The molecule has 0 saturated heterocycles. The van der Waals surface area contributed by atoms with Gasteiger partial charge in [-0.05, 0) is 35.6 Å². The molecule has 0 nitrogen and oxygen atoms in total. The van der Waals surface area contributed by atoms with E-state index < -0.39 is 0 Å². The topological polar surface area (TPSA) is 0 Å². The molecule has 0 spiro atoms. The highest BCUT2D eigenvalue weighted by atomic mass is 14.0. The monoisotopic (exact) mass is 222 g/mol. The number of aryl methyl sites for hydroxylation is 1. The summed E-state index contributed by atoms with van der Waals surface area (Å²) in [7, 11) is 0. The minimum absolute atomic E-state index is 1.08. The molecule has 0 amide bonds. The van der Waals surface area contributed by atoms with Gasteiger partial charge in [0.15, 0.2) is 0 Å². The lowest BCUT2D eigenvalue weighted by atomic mass is 9.99. The zero-order valence-electron chi connectivity index (χ0n) is 10.5. The fraction of sp³-hybridized carbons (Fsp3) is 0.176. The predicted molar refractivity (Wildman–Crippen MR) is 75.9 cm³/mol. The van der Waals surface area contributed by atoms with E-state index in [2.05, 4.69) is 74.5 Å². The van der Waals surface area contributed by atoms with Crippen molar-refractivity contribution in [1.29, 1.82) is 0 Å². The highest BCUT2D eigenvalue weighted by molar-refractivity contribution is 5.68. The van der Waals surface area contributed by atoms with Gasteiger partial charge in [-0.15, -0.1) is 0 Å². The SMILES string of the molecule is CCC=Cc1ccc(-c2ccccc2C)cc1. The van der Waals surface area contributed by atoms with Crippen LogP contribution in [0.4, 0.5) is 0 Å². The molecule has 0 heteroatoms. The Bertz CT molecular complexity index is 504. The lowest BCUT2D eigenvalue weighted by Gasteiger charge is -2.05. The van der Waals surface area contributed by atoms with Crippen LogP contribution in [0.25, 0.3) is 17.2 Å². The second-order valence-electron chi connectivity index (χ2n) is 4.25. The minimum Gasteiger partial charge on any atom is -0.0842 e. The lowest BCUT2D eigenvalue weighted by molar-refractivity contribution is 1.23. The normalized spacial score (nSPS) is 10.9. The van der Waals surface area contributed by atoms with Gasteiger partial charge in [0.05, 0.1) is 0 Å². The largest absolute Gasteiger partial charge is 0.0842 e. The molecule has 0 N–H and O–H groups in total. The van der Waals surface area contributed by atoms with E-state index in [1.165, 1.54) is 22.3 Å². The van der Waals surface area contributed by atoms with Crippen molar-refractivity contribution in [2.75, 3.05) is 0 Å². The average molecular weight is 222 g/mol. The first-order valence-corrected chi connectivity index (χ1v) is 6.14. The molecule has 0 aromatic heterocycles. The van der Waals surface area contributed by atoms with Gasteiger partial charge >= 0.3 is 0 Å². The lowest BCUT2D eigenvalue weighted by Crippen LogP contribution is -1.82. The van der Waals surface area contributed by atoms with Crippen molar-refractivity contribution in [2.24, 2.45) is 0 Å². The van der Waals surface area contributed by atoms with Crippen molar-refractivity contribution in [3.8, 4) is 11.1 Å². The van der Waals surface area contributed by atoms with Gasteiger partial charge < -0.3 is 0 Å². The zero-order chi connectivity index (χ0) is 12.1. The highest BCUT2D eigenvalue weighted by Crippen LogP contribution is 2.23. The molecular weight excluding hydrogens is 204 g/mol. The minimum atomic E-state index is 1.08. The van der Waals surface area contributed by atoms with Crippen LogP contribution < -0.4 is 0 Å². The number of rotatable bonds is 3. The van der Waals surface area contributed by atoms with E-state index >= 15 is 0 Å². The highest BCUT2D eigenvalue weighted by Gasteiger charge is 1.99. The van der Waals surface area contributed by atoms with Gasteiger partial charge in [0.25, 0.3) is 0 Å². The maximum Gasteiger partial charge on any atom is -0.0155 e. The van der Waals surface area contributed by atoms with Crippen LogP contribution in [0.15, 0.2) is 54.6 Å². The third kappa shape index (κ3) is 2.85. The summed E-state index contributed by atoms with van der Waals surface area (Å²) in [6.07, 6.45) is 5.43. The van der Waals surface area contributed by atoms with Gasteiger partial charge in [-0.2, -0.15) is 0 Å². The van der Waals surface area contributed by atoms with E-state index in [0.717, 1.165) is 6.42 Å². The van der Waals surface area contributed by atoms with E-state index in [-0.39, 0.29) is 0 Å². The number of hydrogen-bond donors (Lipinski definition) is 0. The van der Waals surface area contributed by atoms with Crippen molar-refractivity contribution in [3.05, 3.63) is 65.7 Å². The van der Waals surface area contributed by atoms with E-state index in [1.54, 1.807) is 0 Å². The van der Waals surface area contributed by atoms with Gasteiger partial charge in [0, 0.05) is 0 Å². The van der Waals surface area contributed by atoms with Crippen LogP contribution in [-0.2, 0) is 0 Å². The Morgan fingerprint density at radius 3 is 2.29 bits per heavy atom. The first-order chi connectivity index (χ1) is 8.31. The molecule has 0 unspecified atom stereocenters. The molecule has 2 aromatic rings. The Morgan fingerprint density at radius 2 is 1.65 bits per heavy atom. The number of benzene rings is 2. The molecule has 0 bridgehead atoms. The molecule has 0 aliphatic rings.